The number of benzene rings is 1. The smallest absolute Gasteiger partial charge is 0.334 e. The highest BCUT2D eigenvalue weighted by Crippen LogP contribution is 2.18. The van der Waals surface area contributed by atoms with Gasteiger partial charge in [0, 0.05) is 14.2 Å². The Morgan fingerprint density at radius 2 is 1.88 bits per heavy atom. The molecule has 0 saturated heterocycles. The van der Waals surface area contributed by atoms with Gasteiger partial charge >= 0.3 is 8.56 Å². The maximum atomic E-state index is 5.47. The average molecular weight is 236 g/mol. The molecular weight excluding hydrogens is 216 g/mol. The van der Waals surface area contributed by atoms with Crippen molar-refractivity contribution in [3.8, 4) is 0 Å². The van der Waals surface area contributed by atoms with Crippen LogP contribution in [0.2, 0.25) is 12.6 Å². The molecule has 0 saturated carbocycles. The lowest BCUT2D eigenvalue weighted by Crippen LogP contribution is -2.36. The van der Waals surface area contributed by atoms with E-state index in [1.54, 1.807) is 14.2 Å². The quantitative estimate of drug-likeness (QED) is 0.706. The summed E-state index contributed by atoms with van der Waals surface area (Å²) in [6, 6.07) is 9.27. The molecule has 0 fully saturated rings. The fourth-order valence-corrected chi connectivity index (χ4v) is 2.91. The molecule has 0 spiro atoms. The second kappa shape index (κ2) is 5.99. The Hall–Kier alpha value is -0.903. The van der Waals surface area contributed by atoms with Crippen molar-refractivity contribution < 1.29 is 8.85 Å². The van der Waals surface area contributed by atoms with Crippen molar-refractivity contribution in [1.29, 1.82) is 0 Å². The largest absolute Gasteiger partial charge is 0.398 e. The Labute approximate surface area is 99.2 Å². The van der Waals surface area contributed by atoms with Crippen LogP contribution in [0.4, 0.5) is 0 Å². The van der Waals surface area contributed by atoms with Crippen molar-refractivity contribution in [2.75, 3.05) is 14.2 Å². The van der Waals surface area contributed by atoms with Gasteiger partial charge in [0.1, 0.15) is 0 Å². The third-order valence-electron chi connectivity index (χ3n) is 2.99. The zero-order valence-corrected chi connectivity index (χ0v) is 11.3. The van der Waals surface area contributed by atoms with Gasteiger partial charge in [0.15, 0.2) is 0 Å². The molecule has 3 heteroatoms. The van der Waals surface area contributed by atoms with Gasteiger partial charge < -0.3 is 8.85 Å². The van der Waals surface area contributed by atoms with Crippen molar-refractivity contribution >= 4 is 14.6 Å². The Morgan fingerprint density at radius 1 is 1.25 bits per heavy atom. The highest BCUT2D eigenvalue weighted by molar-refractivity contribution is 6.65. The maximum absolute atomic E-state index is 5.47. The Kier molecular flexibility index (Phi) is 4.93. The zero-order valence-electron chi connectivity index (χ0n) is 10.3. The minimum Gasteiger partial charge on any atom is -0.398 e. The van der Waals surface area contributed by atoms with E-state index in [9.17, 15) is 0 Å². The third kappa shape index (κ3) is 3.30. The second-order valence-corrected chi connectivity index (χ2v) is 7.53. The van der Waals surface area contributed by atoms with E-state index in [1.807, 2.05) is 12.1 Å². The summed E-state index contributed by atoms with van der Waals surface area (Å²) in [4.78, 5) is 0. The molecule has 0 radical (unpaired) electrons. The van der Waals surface area contributed by atoms with Crippen LogP contribution >= 0.6 is 0 Å². The first-order valence-electron chi connectivity index (χ1n) is 5.46. The first-order chi connectivity index (χ1) is 7.65. The molecule has 0 aliphatic rings. The predicted octanol–water partition coefficient (Wildman–Crippen LogP) is 3.24. The number of hydrogen-bond donors (Lipinski definition) is 0. The van der Waals surface area contributed by atoms with Crippen LogP contribution in [0.25, 0.3) is 6.08 Å². The van der Waals surface area contributed by atoms with Crippen molar-refractivity contribution in [2.45, 2.75) is 19.0 Å². The van der Waals surface area contributed by atoms with E-state index in [0.29, 0.717) is 0 Å². The minimum absolute atomic E-state index is 0.963. The van der Waals surface area contributed by atoms with Crippen LogP contribution in [0.1, 0.15) is 11.1 Å². The highest BCUT2D eigenvalue weighted by atomic mass is 28.4. The van der Waals surface area contributed by atoms with Crippen molar-refractivity contribution in [3.63, 3.8) is 0 Å². The lowest BCUT2D eigenvalue weighted by atomic mass is 10.1. The fraction of sp³-hybridized carbons (Fsp3) is 0.385. The SMILES string of the molecule is C=Cc1ccccc1CC[Si](C)(OC)OC. The predicted molar refractivity (Wildman–Crippen MR) is 70.7 cm³/mol. The maximum Gasteiger partial charge on any atom is 0.334 e. The minimum atomic E-state index is -1.95. The standard InChI is InChI=1S/C13H20O2Si/c1-5-12-8-6-7-9-13(12)10-11-16(4,14-2)15-3/h5-9H,1,10-11H2,2-4H3. The Bertz CT molecular complexity index is 346. The van der Waals surface area contributed by atoms with Gasteiger partial charge in [-0.15, -0.1) is 0 Å². The van der Waals surface area contributed by atoms with Crippen molar-refractivity contribution in [2.24, 2.45) is 0 Å². The Morgan fingerprint density at radius 3 is 2.44 bits per heavy atom. The van der Waals surface area contributed by atoms with Crippen molar-refractivity contribution in [1.82, 2.24) is 0 Å². The van der Waals surface area contributed by atoms with Crippen LogP contribution in [0.5, 0.6) is 0 Å². The fourth-order valence-electron chi connectivity index (χ4n) is 1.61. The zero-order chi connectivity index (χ0) is 12.0. The van der Waals surface area contributed by atoms with Gasteiger partial charge in [0.2, 0.25) is 0 Å². The molecule has 1 aromatic carbocycles. The van der Waals surface area contributed by atoms with E-state index < -0.39 is 8.56 Å². The van der Waals surface area contributed by atoms with Crippen LogP contribution in [-0.4, -0.2) is 22.8 Å². The molecule has 0 unspecified atom stereocenters. The molecule has 0 amide bonds. The van der Waals surface area contributed by atoms with Crippen LogP contribution in [-0.2, 0) is 15.3 Å². The summed E-state index contributed by atoms with van der Waals surface area (Å²) in [6.07, 6.45) is 2.88. The molecule has 0 aromatic heterocycles. The van der Waals surface area contributed by atoms with Crippen LogP contribution < -0.4 is 0 Å². The lowest BCUT2D eigenvalue weighted by Gasteiger charge is -2.22. The lowest BCUT2D eigenvalue weighted by molar-refractivity contribution is 0.249. The van der Waals surface area contributed by atoms with Gasteiger partial charge in [-0.05, 0) is 30.1 Å². The number of rotatable bonds is 6. The molecule has 88 valence electrons. The molecule has 0 heterocycles. The summed E-state index contributed by atoms with van der Waals surface area (Å²) in [5.41, 5.74) is 2.51. The van der Waals surface area contributed by atoms with Gasteiger partial charge in [-0.25, -0.2) is 0 Å². The second-order valence-electron chi connectivity index (χ2n) is 3.94. The average Bonchev–Trinajstić information content (AvgIpc) is 2.36. The van der Waals surface area contributed by atoms with E-state index >= 15 is 0 Å². The van der Waals surface area contributed by atoms with Crippen LogP contribution in [0, 0.1) is 0 Å². The summed E-state index contributed by atoms with van der Waals surface area (Å²) in [7, 11) is 1.51. The summed E-state index contributed by atoms with van der Waals surface area (Å²) in [6.45, 7) is 5.91. The van der Waals surface area contributed by atoms with E-state index in [4.69, 9.17) is 8.85 Å². The first-order valence-corrected chi connectivity index (χ1v) is 7.98. The summed E-state index contributed by atoms with van der Waals surface area (Å²) in [5, 5.41) is 0. The molecule has 0 aliphatic heterocycles. The van der Waals surface area contributed by atoms with Crippen molar-refractivity contribution in [3.05, 3.63) is 42.0 Å². The molecule has 1 aromatic rings. The monoisotopic (exact) mass is 236 g/mol. The normalized spacial score (nSPS) is 11.4. The van der Waals surface area contributed by atoms with Gasteiger partial charge in [-0.1, -0.05) is 36.9 Å². The molecular formula is C13H20O2Si. The van der Waals surface area contributed by atoms with Gasteiger partial charge in [0.25, 0.3) is 0 Å². The molecule has 0 aliphatic carbocycles. The first kappa shape index (κ1) is 13.2. The Balaban J connectivity index is 2.70. The molecule has 0 atom stereocenters. The molecule has 2 nitrogen and oxygen atoms in total. The van der Waals surface area contributed by atoms with E-state index in [0.717, 1.165) is 12.5 Å². The van der Waals surface area contributed by atoms with Crippen LogP contribution in [0.3, 0.4) is 0 Å². The van der Waals surface area contributed by atoms with Gasteiger partial charge in [0.05, 0.1) is 0 Å². The third-order valence-corrected chi connectivity index (χ3v) is 5.87. The summed E-state index contributed by atoms with van der Waals surface area (Å²) < 4.78 is 10.9. The number of aryl methyl sites for hydroxylation is 1. The van der Waals surface area contributed by atoms with E-state index in [1.165, 1.54) is 11.1 Å². The number of hydrogen-bond acceptors (Lipinski definition) is 2. The van der Waals surface area contributed by atoms with E-state index in [-0.39, 0.29) is 0 Å². The summed E-state index contributed by atoms with van der Waals surface area (Å²) >= 11 is 0. The molecule has 1 rings (SSSR count). The highest BCUT2D eigenvalue weighted by Gasteiger charge is 2.28. The van der Waals surface area contributed by atoms with E-state index in [2.05, 4.69) is 31.3 Å². The van der Waals surface area contributed by atoms with Crippen LogP contribution in [0.15, 0.2) is 30.8 Å². The molecule has 0 bridgehead atoms. The molecule has 0 N–H and O–H groups in total. The molecule has 16 heavy (non-hydrogen) atoms. The van der Waals surface area contributed by atoms with Gasteiger partial charge in [-0.3, -0.25) is 0 Å². The topological polar surface area (TPSA) is 18.5 Å². The summed E-state index contributed by atoms with van der Waals surface area (Å²) in [5.74, 6) is 0. The van der Waals surface area contributed by atoms with Gasteiger partial charge in [-0.2, -0.15) is 0 Å².